The van der Waals surface area contributed by atoms with E-state index in [1.807, 2.05) is 25.3 Å². The van der Waals surface area contributed by atoms with Crippen molar-refractivity contribution in [3.8, 4) is 17.2 Å². The van der Waals surface area contributed by atoms with Gasteiger partial charge in [0.2, 0.25) is 0 Å². The summed E-state index contributed by atoms with van der Waals surface area (Å²) in [6.45, 7) is 4.23. The fraction of sp³-hybridized carbons (Fsp3) is 0.297. The van der Waals surface area contributed by atoms with Gasteiger partial charge < -0.3 is 28.2 Å². The number of methoxy groups -OCH3 is 1. The minimum atomic E-state index is -5.88. The van der Waals surface area contributed by atoms with Crippen molar-refractivity contribution in [3.63, 3.8) is 0 Å². The van der Waals surface area contributed by atoms with Crippen LogP contribution in [0.4, 0.5) is 24.5 Å². The summed E-state index contributed by atoms with van der Waals surface area (Å²) < 4.78 is 83.1. The van der Waals surface area contributed by atoms with E-state index in [4.69, 9.17) is 14.2 Å². The monoisotopic (exact) mass is 750 g/mol. The van der Waals surface area contributed by atoms with Gasteiger partial charge in [-0.15, -0.1) is 0 Å². The quantitative estimate of drug-likeness (QED) is 0.126. The van der Waals surface area contributed by atoms with E-state index in [1.54, 1.807) is 42.3 Å². The molecule has 3 aromatic carbocycles. The number of carbonyl (C=O) groups is 2. The number of aliphatic imine (C=N–C) groups is 2. The maximum Gasteiger partial charge on any atom is 0.534 e. The highest BCUT2D eigenvalue weighted by atomic mass is 32.2. The van der Waals surface area contributed by atoms with Crippen molar-refractivity contribution >= 4 is 51.3 Å². The predicted octanol–water partition coefficient (Wildman–Crippen LogP) is 6.77. The lowest BCUT2D eigenvalue weighted by molar-refractivity contribution is -0.0522. The fourth-order valence-electron chi connectivity index (χ4n) is 6.36. The highest BCUT2D eigenvalue weighted by molar-refractivity contribution is 7.87. The van der Waals surface area contributed by atoms with Crippen LogP contribution in [0.2, 0.25) is 0 Å². The van der Waals surface area contributed by atoms with Crippen molar-refractivity contribution in [2.75, 3.05) is 20.3 Å². The number of fused-ring (bicyclic) bond motifs is 4. The average Bonchev–Trinajstić information content (AvgIpc) is 3.67. The third kappa shape index (κ3) is 6.98. The van der Waals surface area contributed by atoms with Gasteiger partial charge in [-0.05, 0) is 42.7 Å². The first-order chi connectivity index (χ1) is 25.2. The Kier molecular flexibility index (Phi) is 9.26. The highest BCUT2D eigenvalue weighted by Crippen LogP contribution is 2.40. The van der Waals surface area contributed by atoms with E-state index in [0.717, 1.165) is 27.8 Å². The third-order valence-electron chi connectivity index (χ3n) is 9.13. The first-order valence-electron chi connectivity index (χ1n) is 16.6. The van der Waals surface area contributed by atoms with E-state index in [0.29, 0.717) is 46.9 Å². The number of hydrogen-bond acceptors (Lipinski definition) is 10. The van der Waals surface area contributed by atoms with Crippen LogP contribution in [0.3, 0.4) is 0 Å². The average molecular weight is 751 g/mol. The van der Waals surface area contributed by atoms with Crippen LogP contribution < -0.4 is 14.2 Å². The molecule has 53 heavy (non-hydrogen) atoms. The van der Waals surface area contributed by atoms with Gasteiger partial charge in [0.1, 0.15) is 11.5 Å². The number of rotatable bonds is 10. The molecule has 0 unspecified atom stereocenters. The van der Waals surface area contributed by atoms with Crippen LogP contribution in [0.5, 0.6) is 17.2 Å². The van der Waals surface area contributed by atoms with Gasteiger partial charge in [0.25, 0.3) is 11.8 Å². The Labute approximate surface area is 302 Å². The number of hydrogen-bond donors (Lipinski definition) is 0. The van der Waals surface area contributed by atoms with Gasteiger partial charge in [0.15, 0.2) is 11.5 Å². The Balaban J connectivity index is 0.973. The van der Waals surface area contributed by atoms with Crippen molar-refractivity contribution in [1.29, 1.82) is 0 Å². The lowest BCUT2D eigenvalue weighted by Gasteiger charge is -2.19. The molecule has 4 aliphatic rings. The van der Waals surface area contributed by atoms with E-state index >= 15 is 0 Å². The van der Waals surface area contributed by atoms with Crippen LogP contribution in [0, 0.1) is 13.8 Å². The van der Waals surface area contributed by atoms with Gasteiger partial charge >= 0.3 is 15.6 Å². The minimum Gasteiger partial charge on any atom is -0.493 e. The van der Waals surface area contributed by atoms with E-state index in [-0.39, 0.29) is 42.8 Å². The number of alkyl halides is 3. The normalized spacial score (nSPS) is 19.1. The maximum atomic E-state index is 13.7. The standard InChI is InChI=1S/C37H33F3N4O8S/c1-21-5-7-23(8-6-21)24-12-25-17-41-31-16-34(33(49-3)14-29(31)36(46)43(25)19-24)51-10-4-9-50-32-15-30-28(11-22(32)2)35(45)44-20-27(13-26(44)18-42-30)52-53(47,48)37(38,39)40/h5-8,11,14-20,25-26H,4,9-10,12-13H2,1-3H3/t25-,26-/m0/s1. The molecule has 0 aromatic heterocycles. The number of aryl methyl sites for hydroxylation is 2. The zero-order chi connectivity index (χ0) is 37.7. The molecule has 2 atom stereocenters. The van der Waals surface area contributed by atoms with Gasteiger partial charge in [-0.25, -0.2) is 0 Å². The lowest BCUT2D eigenvalue weighted by atomic mass is 10.0. The summed E-state index contributed by atoms with van der Waals surface area (Å²) in [7, 11) is -4.38. The minimum absolute atomic E-state index is 0.160. The Morgan fingerprint density at radius 1 is 0.792 bits per heavy atom. The Morgan fingerprint density at radius 3 is 2.02 bits per heavy atom. The number of halogens is 3. The molecule has 0 saturated carbocycles. The molecule has 0 N–H and O–H groups in total. The summed E-state index contributed by atoms with van der Waals surface area (Å²) in [6.07, 6.45) is 6.76. The van der Waals surface area contributed by atoms with Gasteiger partial charge in [-0.1, -0.05) is 29.8 Å². The number of carbonyl (C=O) groups excluding carboxylic acids is 2. The van der Waals surface area contributed by atoms with E-state index in [2.05, 4.69) is 26.3 Å². The number of nitrogens with zero attached hydrogens (tertiary/aromatic N) is 4. The number of benzene rings is 3. The van der Waals surface area contributed by atoms with Crippen molar-refractivity contribution in [3.05, 3.63) is 94.5 Å². The molecule has 7 rings (SSSR count). The molecular formula is C37H33F3N4O8S. The molecule has 3 aromatic rings. The topological polar surface area (TPSA) is 136 Å². The van der Waals surface area contributed by atoms with Crippen LogP contribution >= 0.6 is 0 Å². The molecule has 0 radical (unpaired) electrons. The SMILES string of the molecule is COc1cc2c(cc1OCCCOc1cc3c(cc1C)C(=O)N1C=C(OS(=O)(=O)C(F)(F)F)C[C@H]1C=N3)N=C[C@@H]1CC(c3ccc(C)cc3)=CN1C2=O. The van der Waals surface area contributed by atoms with E-state index in [9.17, 15) is 31.2 Å². The summed E-state index contributed by atoms with van der Waals surface area (Å²) in [4.78, 5) is 38.7. The molecule has 0 aliphatic carbocycles. The second kappa shape index (κ2) is 13.7. The maximum absolute atomic E-state index is 13.7. The number of ether oxygens (including phenoxy) is 3. The van der Waals surface area contributed by atoms with Crippen LogP contribution in [0.15, 0.2) is 76.7 Å². The highest BCUT2D eigenvalue weighted by Gasteiger charge is 2.50. The van der Waals surface area contributed by atoms with E-state index < -0.39 is 33.3 Å². The molecule has 4 heterocycles. The summed E-state index contributed by atoms with van der Waals surface area (Å²) in [5.74, 6) is -0.0296. The Bertz CT molecular complexity index is 2230. The zero-order valence-corrected chi connectivity index (χ0v) is 29.5. The summed E-state index contributed by atoms with van der Waals surface area (Å²) in [6, 6.07) is 13.6. The smallest absolute Gasteiger partial charge is 0.493 e. The lowest BCUT2D eigenvalue weighted by Crippen LogP contribution is -2.32. The van der Waals surface area contributed by atoms with Crippen LogP contribution in [-0.2, 0) is 14.3 Å². The molecule has 0 spiro atoms. The van der Waals surface area contributed by atoms with Gasteiger partial charge in [-0.3, -0.25) is 19.6 Å². The van der Waals surface area contributed by atoms with Crippen molar-refractivity contribution in [1.82, 2.24) is 9.80 Å². The van der Waals surface area contributed by atoms with Crippen molar-refractivity contribution in [2.45, 2.75) is 50.7 Å². The van der Waals surface area contributed by atoms with E-state index in [1.165, 1.54) is 13.3 Å². The second-order valence-electron chi connectivity index (χ2n) is 12.8. The molecule has 0 bridgehead atoms. The molecule has 12 nitrogen and oxygen atoms in total. The fourth-order valence-corrected chi connectivity index (χ4v) is 6.85. The molecule has 0 saturated heterocycles. The summed E-state index contributed by atoms with van der Waals surface area (Å²) in [5, 5.41) is 0. The molecular weight excluding hydrogens is 717 g/mol. The second-order valence-corrected chi connectivity index (χ2v) is 14.4. The Hall–Kier alpha value is -5.64. The van der Waals surface area contributed by atoms with Gasteiger partial charge in [-0.2, -0.15) is 21.6 Å². The molecule has 16 heteroatoms. The summed E-state index contributed by atoms with van der Waals surface area (Å²) in [5.41, 5.74) is -0.401. The van der Waals surface area contributed by atoms with Crippen molar-refractivity contribution in [2.24, 2.45) is 9.98 Å². The zero-order valence-electron chi connectivity index (χ0n) is 28.7. The van der Waals surface area contributed by atoms with Crippen molar-refractivity contribution < 1.29 is 49.6 Å². The molecule has 276 valence electrons. The largest absolute Gasteiger partial charge is 0.534 e. The first kappa shape index (κ1) is 35.7. The molecule has 4 aliphatic heterocycles. The summed E-state index contributed by atoms with van der Waals surface area (Å²) >= 11 is 0. The Morgan fingerprint density at radius 2 is 1.38 bits per heavy atom. The van der Waals surface area contributed by atoms with Crippen LogP contribution in [0.25, 0.3) is 5.57 Å². The first-order valence-corrected chi connectivity index (χ1v) is 18.0. The molecule has 0 fully saturated rings. The van der Waals surface area contributed by atoms with Crippen LogP contribution in [0.1, 0.15) is 56.7 Å². The van der Waals surface area contributed by atoms with Crippen LogP contribution in [-0.4, -0.2) is 80.4 Å². The molecule has 2 amide bonds. The number of amides is 2. The van der Waals surface area contributed by atoms with Gasteiger partial charge in [0, 0.05) is 56.2 Å². The predicted molar refractivity (Wildman–Crippen MR) is 189 cm³/mol. The van der Waals surface area contributed by atoms with Gasteiger partial charge in [0.05, 0.1) is 54.9 Å². The third-order valence-corrected chi connectivity index (χ3v) is 10.1.